The van der Waals surface area contributed by atoms with E-state index >= 15 is 0 Å². The second-order valence-electron chi connectivity index (χ2n) is 3.51. The standard InChI is InChI=1S/C10H14O/c1-7-4-3-5-10-9(7)6-8(2)11-10/h6,9-10H,1,3-5H2,2H3. The maximum atomic E-state index is 5.64. The molecule has 1 fully saturated rings. The fourth-order valence-corrected chi connectivity index (χ4v) is 2.03. The Morgan fingerprint density at radius 1 is 1.64 bits per heavy atom. The van der Waals surface area contributed by atoms with E-state index in [1.54, 1.807) is 0 Å². The molecule has 60 valence electrons. The van der Waals surface area contributed by atoms with Gasteiger partial charge in [-0.15, -0.1) is 0 Å². The average Bonchev–Trinajstić information content (AvgIpc) is 2.31. The van der Waals surface area contributed by atoms with Gasteiger partial charge >= 0.3 is 0 Å². The van der Waals surface area contributed by atoms with Gasteiger partial charge in [0.2, 0.25) is 0 Å². The zero-order chi connectivity index (χ0) is 7.84. The van der Waals surface area contributed by atoms with Crippen LogP contribution in [-0.2, 0) is 4.74 Å². The smallest absolute Gasteiger partial charge is 0.108 e. The summed E-state index contributed by atoms with van der Waals surface area (Å²) in [5.74, 6) is 1.62. The first-order valence-corrected chi connectivity index (χ1v) is 4.30. The number of hydrogen-bond acceptors (Lipinski definition) is 1. The molecule has 0 spiro atoms. The van der Waals surface area contributed by atoms with Gasteiger partial charge in [-0.25, -0.2) is 0 Å². The minimum absolute atomic E-state index is 0.427. The third-order valence-electron chi connectivity index (χ3n) is 2.61. The molecule has 1 saturated carbocycles. The lowest BCUT2D eigenvalue weighted by Crippen LogP contribution is -2.22. The van der Waals surface area contributed by atoms with Crippen molar-refractivity contribution in [3.8, 4) is 0 Å². The molecule has 0 aromatic carbocycles. The molecule has 0 saturated heterocycles. The van der Waals surface area contributed by atoms with Crippen molar-refractivity contribution in [2.45, 2.75) is 32.3 Å². The van der Waals surface area contributed by atoms with Crippen LogP contribution < -0.4 is 0 Å². The van der Waals surface area contributed by atoms with Gasteiger partial charge in [0.15, 0.2) is 0 Å². The van der Waals surface area contributed by atoms with Gasteiger partial charge in [0.1, 0.15) is 6.10 Å². The van der Waals surface area contributed by atoms with Crippen molar-refractivity contribution < 1.29 is 4.74 Å². The summed E-state index contributed by atoms with van der Waals surface area (Å²) in [6.07, 6.45) is 6.29. The SMILES string of the molecule is C=C1CCCC2OC(C)=CC12. The van der Waals surface area contributed by atoms with Crippen LogP contribution in [0.3, 0.4) is 0 Å². The van der Waals surface area contributed by atoms with E-state index in [1.807, 2.05) is 6.92 Å². The second kappa shape index (κ2) is 2.40. The maximum absolute atomic E-state index is 5.64. The Morgan fingerprint density at radius 3 is 3.18 bits per heavy atom. The van der Waals surface area contributed by atoms with E-state index < -0.39 is 0 Å². The predicted molar refractivity (Wildman–Crippen MR) is 45.1 cm³/mol. The number of rotatable bonds is 0. The van der Waals surface area contributed by atoms with Crippen LogP contribution in [0, 0.1) is 5.92 Å². The van der Waals surface area contributed by atoms with Gasteiger partial charge in [0.25, 0.3) is 0 Å². The van der Waals surface area contributed by atoms with E-state index in [0.29, 0.717) is 12.0 Å². The van der Waals surface area contributed by atoms with Crippen molar-refractivity contribution in [1.82, 2.24) is 0 Å². The van der Waals surface area contributed by atoms with Crippen molar-refractivity contribution in [3.05, 3.63) is 24.0 Å². The molecule has 2 aliphatic rings. The molecule has 0 aromatic rings. The highest BCUT2D eigenvalue weighted by Crippen LogP contribution is 2.37. The van der Waals surface area contributed by atoms with Crippen LogP contribution in [-0.4, -0.2) is 6.10 Å². The number of fused-ring (bicyclic) bond motifs is 1. The van der Waals surface area contributed by atoms with E-state index in [2.05, 4.69) is 12.7 Å². The van der Waals surface area contributed by atoms with Crippen LogP contribution in [0.5, 0.6) is 0 Å². The van der Waals surface area contributed by atoms with Gasteiger partial charge in [-0.2, -0.15) is 0 Å². The van der Waals surface area contributed by atoms with Crippen molar-refractivity contribution in [3.63, 3.8) is 0 Å². The average molecular weight is 150 g/mol. The molecular formula is C10H14O. The van der Waals surface area contributed by atoms with Gasteiger partial charge < -0.3 is 4.74 Å². The number of hydrogen-bond donors (Lipinski definition) is 0. The topological polar surface area (TPSA) is 9.23 Å². The molecule has 0 bridgehead atoms. The van der Waals surface area contributed by atoms with Crippen LogP contribution in [0.25, 0.3) is 0 Å². The molecule has 1 aliphatic carbocycles. The molecule has 2 rings (SSSR count). The Hall–Kier alpha value is -0.720. The van der Waals surface area contributed by atoms with Crippen LogP contribution >= 0.6 is 0 Å². The van der Waals surface area contributed by atoms with Crippen molar-refractivity contribution in [2.24, 2.45) is 5.92 Å². The summed E-state index contributed by atoms with van der Waals surface area (Å²) in [6, 6.07) is 0. The second-order valence-corrected chi connectivity index (χ2v) is 3.51. The summed E-state index contributed by atoms with van der Waals surface area (Å²) in [4.78, 5) is 0. The summed E-state index contributed by atoms with van der Waals surface area (Å²) in [5.41, 5.74) is 1.36. The molecule has 11 heavy (non-hydrogen) atoms. The number of ether oxygens (including phenoxy) is 1. The summed E-state index contributed by atoms with van der Waals surface area (Å²) >= 11 is 0. The normalized spacial score (nSPS) is 36.1. The molecule has 0 aromatic heterocycles. The minimum Gasteiger partial charge on any atom is -0.494 e. The van der Waals surface area contributed by atoms with E-state index in [9.17, 15) is 0 Å². The highest BCUT2D eigenvalue weighted by Gasteiger charge is 2.32. The van der Waals surface area contributed by atoms with Crippen LogP contribution in [0.2, 0.25) is 0 Å². The van der Waals surface area contributed by atoms with Gasteiger partial charge in [-0.1, -0.05) is 12.2 Å². The summed E-state index contributed by atoms with van der Waals surface area (Å²) in [6.45, 7) is 6.10. The fraction of sp³-hybridized carbons (Fsp3) is 0.600. The Kier molecular flexibility index (Phi) is 1.52. The Bertz CT molecular complexity index is 215. The maximum Gasteiger partial charge on any atom is 0.108 e. The van der Waals surface area contributed by atoms with E-state index in [4.69, 9.17) is 4.74 Å². The van der Waals surface area contributed by atoms with E-state index in [1.165, 1.54) is 24.8 Å². The lowest BCUT2D eigenvalue weighted by molar-refractivity contribution is 0.102. The third kappa shape index (κ3) is 1.09. The van der Waals surface area contributed by atoms with Gasteiger partial charge in [0, 0.05) is 5.92 Å². The van der Waals surface area contributed by atoms with Crippen molar-refractivity contribution >= 4 is 0 Å². The molecular weight excluding hydrogens is 136 g/mol. The number of allylic oxidation sites excluding steroid dienone is 1. The van der Waals surface area contributed by atoms with E-state index in [0.717, 1.165) is 5.76 Å². The molecule has 1 heterocycles. The van der Waals surface area contributed by atoms with Gasteiger partial charge in [-0.05, 0) is 32.3 Å². The fourth-order valence-electron chi connectivity index (χ4n) is 2.03. The summed E-state index contributed by atoms with van der Waals surface area (Å²) < 4.78 is 5.64. The molecule has 1 heteroatoms. The predicted octanol–water partition coefficient (Wildman–Crippen LogP) is 2.65. The van der Waals surface area contributed by atoms with Crippen LogP contribution in [0.15, 0.2) is 24.0 Å². The minimum atomic E-state index is 0.427. The van der Waals surface area contributed by atoms with Crippen molar-refractivity contribution in [2.75, 3.05) is 0 Å². The zero-order valence-corrected chi connectivity index (χ0v) is 6.97. The highest BCUT2D eigenvalue weighted by molar-refractivity contribution is 5.20. The molecule has 0 N–H and O–H groups in total. The van der Waals surface area contributed by atoms with Crippen molar-refractivity contribution in [1.29, 1.82) is 0 Å². The molecule has 0 amide bonds. The molecule has 1 nitrogen and oxygen atoms in total. The molecule has 1 aliphatic heterocycles. The highest BCUT2D eigenvalue weighted by atomic mass is 16.5. The first kappa shape index (κ1) is 6.96. The Balaban J connectivity index is 2.18. The monoisotopic (exact) mass is 150 g/mol. The third-order valence-corrected chi connectivity index (χ3v) is 2.61. The molecule has 2 atom stereocenters. The molecule has 0 radical (unpaired) electrons. The summed E-state index contributed by atoms with van der Waals surface area (Å²) in [7, 11) is 0. The first-order chi connectivity index (χ1) is 5.27. The van der Waals surface area contributed by atoms with Gasteiger partial charge in [0.05, 0.1) is 5.76 Å². The van der Waals surface area contributed by atoms with E-state index in [-0.39, 0.29) is 0 Å². The van der Waals surface area contributed by atoms with Crippen LogP contribution in [0.1, 0.15) is 26.2 Å². The zero-order valence-electron chi connectivity index (χ0n) is 6.97. The Labute approximate surface area is 67.7 Å². The molecule has 2 unspecified atom stereocenters. The quantitative estimate of drug-likeness (QED) is 0.482. The first-order valence-electron chi connectivity index (χ1n) is 4.30. The summed E-state index contributed by atoms with van der Waals surface area (Å²) in [5, 5.41) is 0. The lowest BCUT2D eigenvalue weighted by Gasteiger charge is -2.25. The van der Waals surface area contributed by atoms with Gasteiger partial charge in [-0.3, -0.25) is 0 Å². The largest absolute Gasteiger partial charge is 0.494 e. The Morgan fingerprint density at radius 2 is 2.45 bits per heavy atom. The van der Waals surface area contributed by atoms with Crippen LogP contribution in [0.4, 0.5) is 0 Å². The lowest BCUT2D eigenvalue weighted by atomic mass is 9.84.